The van der Waals surface area contributed by atoms with Gasteiger partial charge in [0.15, 0.2) is 0 Å². The van der Waals surface area contributed by atoms with E-state index in [0.29, 0.717) is 13.0 Å². The molecule has 0 amide bonds. The molecule has 5 heteroatoms. The molecule has 4 N–H and O–H groups in total. The Hall–Kier alpha value is -0.320. The summed E-state index contributed by atoms with van der Waals surface area (Å²) in [6, 6.07) is -0.441. The van der Waals surface area contributed by atoms with Gasteiger partial charge in [-0.15, -0.1) is 12.4 Å². The summed E-state index contributed by atoms with van der Waals surface area (Å²) in [7, 11) is 1.63. The molecule has 0 aliphatic carbocycles. The van der Waals surface area contributed by atoms with E-state index in [4.69, 9.17) is 10.8 Å². The molecular weight excluding hydrogens is 168 g/mol. The zero-order chi connectivity index (χ0) is 7.98. The highest BCUT2D eigenvalue weighted by molar-refractivity contribution is 5.85. The molecule has 0 aliphatic heterocycles. The van der Waals surface area contributed by atoms with E-state index in [1.165, 1.54) is 0 Å². The Bertz CT molecular complexity index is 111. The van der Waals surface area contributed by atoms with Crippen molar-refractivity contribution in [1.82, 2.24) is 5.32 Å². The fraction of sp³-hybridized carbons (Fsp3) is 0.833. The van der Waals surface area contributed by atoms with E-state index in [9.17, 15) is 4.79 Å². The number of rotatable bonds is 5. The van der Waals surface area contributed by atoms with Crippen molar-refractivity contribution in [2.75, 3.05) is 13.6 Å². The van der Waals surface area contributed by atoms with E-state index in [1.807, 2.05) is 0 Å². The Kier molecular flexibility index (Phi) is 9.40. The number of hydrogen-bond acceptors (Lipinski definition) is 3. The summed E-state index contributed by atoms with van der Waals surface area (Å²) in [5, 5.41) is 11.2. The molecule has 0 aromatic carbocycles. The van der Waals surface area contributed by atoms with Gasteiger partial charge in [-0.25, -0.2) is 0 Å². The van der Waals surface area contributed by atoms with E-state index in [0.717, 1.165) is 6.42 Å². The molecule has 68 valence electrons. The van der Waals surface area contributed by atoms with E-state index in [1.54, 1.807) is 7.05 Å². The molecule has 0 unspecified atom stereocenters. The minimum Gasteiger partial charge on any atom is -0.480 e. The quantitative estimate of drug-likeness (QED) is 0.552. The van der Waals surface area contributed by atoms with E-state index in [-0.39, 0.29) is 12.4 Å². The molecular formula is C6H15ClN2O2. The first kappa shape index (κ1) is 13.3. The summed E-state index contributed by atoms with van der Waals surface area (Å²) in [6.45, 7) is 0.547. The summed E-state index contributed by atoms with van der Waals surface area (Å²) in [6.07, 6.45) is 1.35. The maximum atomic E-state index is 10.3. The largest absolute Gasteiger partial charge is 0.480 e. The van der Waals surface area contributed by atoms with Crippen molar-refractivity contribution in [2.45, 2.75) is 18.9 Å². The van der Waals surface area contributed by atoms with Crippen LogP contribution in [-0.4, -0.2) is 30.7 Å². The standard InChI is InChI=1S/C6H14N2O2.ClH/c1-8-5(6(9)10)3-2-4-7;/h5,8H,2-4,7H2,1H3,(H,9,10);1H/t5-;/m1./s1. The van der Waals surface area contributed by atoms with Crippen molar-refractivity contribution >= 4 is 18.4 Å². The van der Waals surface area contributed by atoms with Gasteiger partial charge in [-0.05, 0) is 26.4 Å². The van der Waals surface area contributed by atoms with E-state index >= 15 is 0 Å². The summed E-state index contributed by atoms with van der Waals surface area (Å²) in [5.74, 6) is -0.809. The molecule has 0 aliphatic rings. The third kappa shape index (κ3) is 6.09. The Balaban J connectivity index is 0. The maximum absolute atomic E-state index is 10.3. The lowest BCUT2D eigenvalue weighted by Crippen LogP contribution is -2.34. The number of likely N-dealkylation sites (N-methyl/N-ethyl adjacent to an activating group) is 1. The second kappa shape index (κ2) is 7.78. The van der Waals surface area contributed by atoms with E-state index in [2.05, 4.69) is 5.32 Å². The van der Waals surface area contributed by atoms with Crippen LogP contribution >= 0.6 is 12.4 Å². The van der Waals surface area contributed by atoms with Crippen LogP contribution in [0.15, 0.2) is 0 Å². The zero-order valence-electron chi connectivity index (χ0n) is 6.54. The van der Waals surface area contributed by atoms with Crippen LogP contribution in [0.4, 0.5) is 0 Å². The van der Waals surface area contributed by atoms with Gasteiger partial charge in [0.05, 0.1) is 0 Å². The Morgan fingerprint density at radius 2 is 2.27 bits per heavy atom. The zero-order valence-corrected chi connectivity index (χ0v) is 7.36. The highest BCUT2D eigenvalue weighted by Gasteiger charge is 2.12. The van der Waals surface area contributed by atoms with Crippen LogP contribution in [0.5, 0.6) is 0 Å². The molecule has 0 rings (SSSR count). The lowest BCUT2D eigenvalue weighted by atomic mass is 10.1. The van der Waals surface area contributed by atoms with Crippen LogP contribution < -0.4 is 11.1 Å². The van der Waals surface area contributed by atoms with Gasteiger partial charge in [-0.2, -0.15) is 0 Å². The summed E-state index contributed by atoms with van der Waals surface area (Å²) < 4.78 is 0. The smallest absolute Gasteiger partial charge is 0.320 e. The topological polar surface area (TPSA) is 75.3 Å². The number of carboxylic acid groups (broad SMARTS) is 1. The van der Waals surface area contributed by atoms with Crippen LogP contribution in [0.3, 0.4) is 0 Å². The van der Waals surface area contributed by atoms with Crippen molar-refractivity contribution < 1.29 is 9.90 Å². The molecule has 11 heavy (non-hydrogen) atoms. The SMILES string of the molecule is CN[C@H](CCCN)C(=O)O.Cl. The second-order valence-electron chi connectivity index (χ2n) is 2.11. The second-order valence-corrected chi connectivity index (χ2v) is 2.11. The minimum atomic E-state index is -0.809. The lowest BCUT2D eigenvalue weighted by molar-refractivity contribution is -0.139. The first-order chi connectivity index (χ1) is 4.72. The molecule has 0 aromatic rings. The number of aliphatic carboxylic acids is 1. The molecule has 0 radical (unpaired) electrons. The normalized spacial score (nSPS) is 11.8. The Labute approximate surface area is 72.6 Å². The Morgan fingerprint density at radius 3 is 2.55 bits per heavy atom. The molecule has 4 nitrogen and oxygen atoms in total. The van der Waals surface area contributed by atoms with Crippen LogP contribution in [0.2, 0.25) is 0 Å². The predicted molar refractivity (Wildman–Crippen MR) is 46.0 cm³/mol. The summed E-state index contributed by atoms with van der Waals surface area (Å²) in [4.78, 5) is 10.3. The summed E-state index contributed by atoms with van der Waals surface area (Å²) in [5.41, 5.74) is 5.21. The third-order valence-corrected chi connectivity index (χ3v) is 1.34. The fourth-order valence-electron chi connectivity index (χ4n) is 0.713. The van der Waals surface area contributed by atoms with Crippen LogP contribution in [0, 0.1) is 0 Å². The van der Waals surface area contributed by atoms with Crippen molar-refractivity contribution in [3.63, 3.8) is 0 Å². The number of halogens is 1. The van der Waals surface area contributed by atoms with Crippen molar-refractivity contribution in [3.05, 3.63) is 0 Å². The Morgan fingerprint density at radius 1 is 1.73 bits per heavy atom. The van der Waals surface area contributed by atoms with Gasteiger partial charge in [0.1, 0.15) is 6.04 Å². The van der Waals surface area contributed by atoms with Crippen LogP contribution in [0.1, 0.15) is 12.8 Å². The van der Waals surface area contributed by atoms with E-state index < -0.39 is 12.0 Å². The maximum Gasteiger partial charge on any atom is 0.320 e. The molecule has 0 saturated heterocycles. The number of carbonyl (C=O) groups is 1. The summed E-state index contributed by atoms with van der Waals surface area (Å²) >= 11 is 0. The average molecular weight is 183 g/mol. The molecule has 0 aromatic heterocycles. The van der Waals surface area contributed by atoms with Crippen LogP contribution in [-0.2, 0) is 4.79 Å². The van der Waals surface area contributed by atoms with Gasteiger partial charge >= 0.3 is 5.97 Å². The monoisotopic (exact) mass is 182 g/mol. The first-order valence-corrected chi connectivity index (χ1v) is 3.32. The van der Waals surface area contributed by atoms with Crippen molar-refractivity contribution in [3.8, 4) is 0 Å². The number of nitrogens with one attached hydrogen (secondary N) is 1. The van der Waals surface area contributed by atoms with Crippen LogP contribution in [0.25, 0.3) is 0 Å². The average Bonchev–Trinajstić information content (AvgIpc) is 1.89. The fourth-order valence-corrected chi connectivity index (χ4v) is 0.713. The molecule has 0 fully saturated rings. The van der Waals surface area contributed by atoms with Gasteiger partial charge < -0.3 is 16.2 Å². The molecule has 0 heterocycles. The minimum absolute atomic E-state index is 0. The lowest BCUT2D eigenvalue weighted by Gasteiger charge is -2.08. The van der Waals surface area contributed by atoms with Crippen molar-refractivity contribution in [2.24, 2.45) is 5.73 Å². The van der Waals surface area contributed by atoms with Gasteiger partial charge in [-0.1, -0.05) is 0 Å². The number of nitrogens with two attached hydrogens (primary N) is 1. The van der Waals surface area contributed by atoms with Gasteiger partial charge in [0.2, 0.25) is 0 Å². The first-order valence-electron chi connectivity index (χ1n) is 3.32. The predicted octanol–water partition coefficient (Wildman–Crippen LogP) is -0.180. The highest BCUT2D eigenvalue weighted by atomic mass is 35.5. The molecule has 0 spiro atoms. The number of hydrogen-bond donors (Lipinski definition) is 3. The highest BCUT2D eigenvalue weighted by Crippen LogP contribution is 1.94. The van der Waals surface area contributed by atoms with Gasteiger partial charge in [0.25, 0.3) is 0 Å². The van der Waals surface area contributed by atoms with Crippen molar-refractivity contribution in [1.29, 1.82) is 0 Å². The molecule has 1 atom stereocenters. The van der Waals surface area contributed by atoms with Gasteiger partial charge in [-0.3, -0.25) is 4.79 Å². The van der Waals surface area contributed by atoms with Gasteiger partial charge in [0, 0.05) is 0 Å². The molecule has 0 bridgehead atoms. The third-order valence-electron chi connectivity index (χ3n) is 1.34. The number of carboxylic acids is 1. The molecule has 0 saturated carbocycles.